The summed E-state index contributed by atoms with van der Waals surface area (Å²) < 4.78 is 0. The van der Waals surface area contributed by atoms with Gasteiger partial charge in [0, 0.05) is 11.1 Å². The van der Waals surface area contributed by atoms with Crippen LogP contribution < -0.4 is 5.43 Å². The van der Waals surface area contributed by atoms with Crippen molar-refractivity contribution in [3.8, 4) is 5.75 Å². The first-order chi connectivity index (χ1) is 14.4. The number of anilines is 1. The molecule has 3 aromatic carbocycles. The second kappa shape index (κ2) is 9.13. The number of rotatable bonds is 5. The molecule has 3 aromatic rings. The zero-order valence-electron chi connectivity index (χ0n) is 17.5. The molecule has 6 heteroatoms. The zero-order chi connectivity index (χ0) is 21.7. The molecule has 2 N–H and O–H groups in total. The standard InChI is InChI=1S/C24H24N4O2/c1-15-9-10-21(23(30)13-15)25-27-24(19-8-6-5-7-17(19)3)28-26-22-12-16(2)11-18(4)20(22)14-29/h5-14,26,30H,1-4H3. The van der Waals surface area contributed by atoms with E-state index >= 15 is 0 Å². The average Bonchev–Trinajstić information content (AvgIpc) is 2.70. The minimum Gasteiger partial charge on any atom is -0.506 e. The normalized spacial score (nSPS) is 11.7. The Labute approximate surface area is 176 Å². The van der Waals surface area contributed by atoms with Crippen LogP contribution >= 0.6 is 0 Å². The number of amidine groups is 1. The van der Waals surface area contributed by atoms with Crippen LogP contribution in [0.5, 0.6) is 5.75 Å². The van der Waals surface area contributed by atoms with E-state index in [1.807, 2.05) is 70.2 Å². The molecule has 152 valence electrons. The number of benzene rings is 3. The van der Waals surface area contributed by atoms with Crippen molar-refractivity contribution in [3.63, 3.8) is 0 Å². The van der Waals surface area contributed by atoms with Crippen molar-refractivity contribution in [2.24, 2.45) is 15.3 Å². The second-order valence-corrected chi connectivity index (χ2v) is 7.22. The molecule has 0 fully saturated rings. The van der Waals surface area contributed by atoms with Crippen LogP contribution in [0.15, 0.2) is 69.9 Å². The average molecular weight is 400 g/mol. The lowest BCUT2D eigenvalue weighted by molar-refractivity contribution is 0.112. The van der Waals surface area contributed by atoms with Crippen LogP contribution in [0, 0.1) is 27.7 Å². The number of phenols is 1. The molecule has 3 rings (SSSR count). The number of hydrazone groups is 1. The quantitative estimate of drug-likeness (QED) is 0.181. The number of nitrogens with zero attached hydrogens (tertiary/aromatic N) is 3. The smallest absolute Gasteiger partial charge is 0.201 e. The van der Waals surface area contributed by atoms with E-state index in [-0.39, 0.29) is 5.75 Å². The number of phenolic OH excluding ortho intramolecular Hbond substituents is 1. The summed E-state index contributed by atoms with van der Waals surface area (Å²) >= 11 is 0. The van der Waals surface area contributed by atoms with Gasteiger partial charge in [-0.15, -0.1) is 10.2 Å². The monoisotopic (exact) mass is 400 g/mol. The molecule has 0 saturated heterocycles. The fraction of sp³-hybridized carbons (Fsp3) is 0.167. The summed E-state index contributed by atoms with van der Waals surface area (Å²) in [4.78, 5) is 11.5. The van der Waals surface area contributed by atoms with Gasteiger partial charge in [0.2, 0.25) is 5.84 Å². The van der Waals surface area contributed by atoms with Crippen LogP contribution in [0.1, 0.15) is 38.2 Å². The molecule has 0 aliphatic heterocycles. The molecule has 0 aliphatic rings. The van der Waals surface area contributed by atoms with Gasteiger partial charge in [-0.3, -0.25) is 10.2 Å². The summed E-state index contributed by atoms with van der Waals surface area (Å²) in [7, 11) is 0. The largest absolute Gasteiger partial charge is 0.506 e. The lowest BCUT2D eigenvalue weighted by Gasteiger charge is -2.10. The van der Waals surface area contributed by atoms with Crippen molar-refractivity contribution in [1.82, 2.24) is 0 Å². The van der Waals surface area contributed by atoms with Crippen LogP contribution in [0.4, 0.5) is 11.4 Å². The van der Waals surface area contributed by atoms with Gasteiger partial charge < -0.3 is 5.11 Å². The summed E-state index contributed by atoms with van der Waals surface area (Å²) in [6.45, 7) is 7.68. The summed E-state index contributed by atoms with van der Waals surface area (Å²) in [5, 5.41) is 23.0. The molecule has 0 aliphatic carbocycles. The van der Waals surface area contributed by atoms with Crippen molar-refractivity contribution < 1.29 is 9.90 Å². The van der Waals surface area contributed by atoms with Gasteiger partial charge in [-0.25, -0.2) is 0 Å². The van der Waals surface area contributed by atoms with Crippen molar-refractivity contribution in [2.75, 3.05) is 5.43 Å². The molecular weight excluding hydrogens is 376 g/mol. The van der Waals surface area contributed by atoms with E-state index in [0.717, 1.165) is 34.1 Å². The van der Waals surface area contributed by atoms with Gasteiger partial charge in [-0.1, -0.05) is 36.4 Å². The highest BCUT2D eigenvalue weighted by Gasteiger charge is 2.10. The van der Waals surface area contributed by atoms with E-state index in [4.69, 9.17) is 0 Å². The Bertz CT molecular complexity index is 1150. The predicted molar refractivity (Wildman–Crippen MR) is 120 cm³/mol. The summed E-state index contributed by atoms with van der Waals surface area (Å²) in [5.41, 5.74) is 9.03. The lowest BCUT2D eigenvalue weighted by Crippen LogP contribution is -2.05. The maximum Gasteiger partial charge on any atom is 0.201 e. The Morgan fingerprint density at radius 1 is 0.933 bits per heavy atom. The van der Waals surface area contributed by atoms with Gasteiger partial charge in [0.05, 0.1) is 5.69 Å². The molecule has 0 saturated carbocycles. The number of hydrogen-bond acceptors (Lipinski definition) is 5. The van der Waals surface area contributed by atoms with E-state index in [9.17, 15) is 9.90 Å². The van der Waals surface area contributed by atoms with E-state index in [0.29, 0.717) is 22.8 Å². The van der Waals surface area contributed by atoms with E-state index < -0.39 is 0 Å². The number of aromatic hydroxyl groups is 1. The maximum atomic E-state index is 11.5. The van der Waals surface area contributed by atoms with Crippen molar-refractivity contribution >= 4 is 23.5 Å². The van der Waals surface area contributed by atoms with E-state index in [1.54, 1.807) is 12.1 Å². The van der Waals surface area contributed by atoms with Crippen LogP contribution in [-0.4, -0.2) is 17.2 Å². The summed E-state index contributed by atoms with van der Waals surface area (Å²) in [6.07, 6.45) is 0.811. The molecule has 0 aromatic heterocycles. The van der Waals surface area contributed by atoms with Crippen LogP contribution in [0.2, 0.25) is 0 Å². The first kappa shape index (κ1) is 20.9. The van der Waals surface area contributed by atoms with Crippen LogP contribution in [0.25, 0.3) is 0 Å². The molecule has 6 nitrogen and oxygen atoms in total. The Balaban J connectivity index is 2.04. The maximum absolute atomic E-state index is 11.5. The third kappa shape index (κ3) is 4.78. The minimum absolute atomic E-state index is 0.0494. The summed E-state index contributed by atoms with van der Waals surface area (Å²) in [6, 6.07) is 16.7. The number of carbonyl (C=O) groups is 1. The topological polar surface area (TPSA) is 86.4 Å². The first-order valence-electron chi connectivity index (χ1n) is 9.56. The zero-order valence-corrected chi connectivity index (χ0v) is 17.5. The molecular formula is C24H24N4O2. The van der Waals surface area contributed by atoms with Crippen LogP contribution in [-0.2, 0) is 0 Å². The number of aldehydes is 1. The predicted octanol–water partition coefficient (Wildman–Crippen LogP) is 6.00. The Hall–Kier alpha value is -3.80. The highest BCUT2D eigenvalue weighted by Crippen LogP contribution is 2.28. The molecule has 0 amide bonds. The Morgan fingerprint density at radius 2 is 1.70 bits per heavy atom. The third-order valence-electron chi connectivity index (χ3n) is 4.70. The molecule has 0 bridgehead atoms. The molecule has 0 unspecified atom stereocenters. The molecule has 0 atom stereocenters. The Morgan fingerprint density at radius 3 is 2.40 bits per heavy atom. The Kier molecular flexibility index (Phi) is 6.37. The molecule has 0 heterocycles. The molecule has 30 heavy (non-hydrogen) atoms. The summed E-state index contributed by atoms with van der Waals surface area (Å²) in [5.74, 6) is 0.387. The van der Waals surface area contributed by atoms with E-state index in [1.165, 1.54) is 0 Å². The van der Waals surface area contributed by atoms with Gasteiger partial charge in [0.25, 0.3) is 0 Å². The third-order valence-corrected chi connectivity index (χ3v) is 4.70. The van der Waals surface area contributed by atoms with Crippen molar-refractivity contribution in [2.45, 2.75) is 27.7 Å². The molecule has 0 radical (unpaired) electrons. The number of azo groups is 1. The van der Waals surface area contributed by atoms with Crippen LogP contribution in [0.3, 0.4) is 0 Å². The van der Waals surface area contributed by atoms with Crippen molar-refractivity contribution in [3.05, 3.63) is 88.0 Å². The fourth-order valence-corrected chi connectivity index (χ4v) is 3.12. The number of nitrogens with one attached hydrogen (secondary N) is 1. The van der Waals surface area contributed by atoms with Gasteiger partial charge in [0.1, 0.15) is 11.4 Å². The number of aryl methyl sites for hydroxylation is 4. The fourth-order valence-electron chi connectivity index (χ4n) is 3.12. The molecule has 0 spiro atoms. The highest BCUT2D eigenvalue weighted by atomic mass is 16.3. The van der Waals surface area contributed by atoms with Gasteiger partial charge in [-0.2, -0.15) is 5.10 Å². The lowest BCUT2D eigenvalue weighted by atomic mass is 10.0. The minimum atomic E-state index is 0.0494. The van der Waals surface area contributed by atoms with Gasteiger partial charge in [-0.05, 0) is 68.1 Å². The van der Waals surface area contributed by atoms with Crippen molar-refractivity contribution in [1.29, 1.82) is 0 Å². The van der Waals surface area contributed by atoms with Gasteiger partial charge in [0.15, 0.2) is 6.29 Å². The van der Waals surface area contributed by atoms with Gasteiger partial charge >= 0.3 is 0 Å². The number of carbonyl (C=O) groups excluding carboxylic acids is 1. The van der Waals surface area contributed by atoms with E-state index in [2.05, 4.69) is 20.8 Å². The SMILES string of the molecule is Cc1ccc(N=NC(=NNc2cc(C)cc(C)c2C=O)c2ccccc2C)c(O)c1. The number of hydrogen-bond donors (Lipinski definition) is 2. The highest BCUT2D eigenvalue weighted by molar-refractivity contribution is 6.01. The second-order valence-electron chi connectivity index (χ2n) is 7.22. The first-order valence-corrected chi connectivity index (χ1v) is 9.56.